The molecule has 1 amide bonds. The normalized spacial score (nSPS) is 21.6. The molecule has 2 atom stereocenters. The summed E-state index contributed by atoms with van der Waals surface area (Å²) in [6.45, 7) is 5.97. The number of halogens is 2. The number of fused-ring (bicyclic) bond motifs is 1. The number of nitrogens with zero attached hydrogens (tertiary/aromatic N) is 2. The molecule has 7 heteroatoms. The second-order valence-electron chi connectivity index (χ2n) is 7.23. The Bertz CT molecular complexity index is 739. The average Bonchev–Trinajstić information content (AvgIpc) is 3.16. The smallest absolute Gasteiger partial charge is 0.265 e. The van der Waals surface area contributed by atoms with Crippen LogP contribution in [0.3, 0.4) is 0 Å². The molecular weight excluding hydrogens is 401 g/mol. The lowest BCUT2D eigenvalue weighted by molar-refractivity contribution is 0.0762. The van der Waals surface area contributed by atoms with Gasteiger partial charge in [0.15, 0.2) is 0 Å². The molecule has 4 rings (SSSR count). The summed E-state index contributed by atoms with van der Waals surface area (Å²) in [5.41, 5.74) is 2.12. The van der Waals surface area contributed by atoms with Gasteiger partial charge in [-0.3, -0.25) is 4.79 Å². The Balaban J connectivity index is 0.00000131. The second kappa shape index (κ2) is 9.87. The van der Waals surface area contributed by atoms with Crippen LogP contribution in [0, 0.1) is 18.8 Å². The van der Waals surface area contributed by atoms with Crippen LogP contribution in [0.15, 0.2) is 30.3 Å². The largest absolute Gasteiger partial charge is 0.338 e. The molecule has 1 aromatic carbocycles. The van der Waals surface area contributed by atoms with Gasteiger partial charge in [-0.2, -0.15) is 0 Å². The zero-order valence-electron chi connectivity index (χ0n) is 15.5. The third-order valence-electron chi connectivity index (χ3n) is 5.54. The van der Waals surface area contributed by atoms with Gasteiger partial charge in [-0.25, -0.2) is 4.98 Å². The molecule has 2 fully saturated rings. The van der Waals surface area contributed by atoms with Crippen molar-refractivity contribution in [2.75, 3.05) is 26.2 Å². The molecule has 2 aromatic rings. The maximum absolute atomic E-state index is 13.0. The highest BCUT2D eigenvalue weighted by Gasteiger charge is 2.32. The van der Waals surface area contributed by atoms with Crippen molar-refractivity contribution in [3.8, 4) is 0 Å². The number of rotatable bonds is 3. The molecule has 0 spiro atoms. The molecule has 0 radical (unpaired) electrons. The minimum Gasteiger partial charge on any atom is -0.338 e. The molecule has 1 aromatic heterocycles. The van der Waals surface area contributed by atoms with Crippen molar-refractivity contribution in [3.05, 3.63) is 51.5 Å². The zero-order valence-corrected chi connectivity index (χ0v) is 18.0. The first-order chi connectivity index (χ1) is 12.2. The highest BCUT2D eigenvalue weighted by Crippen LogP contribution is 2.29. The third-order valence-corrected chi connectivity index (χ3v) is 6.69. The topological polar surface area (TPSA) is 45.2 Å². The van der Waals surface area contributed by atoms with E-state index in [-0.39, 0.29) is 30.7 Å². The number of aryl methyl sites for hydroxylation is 1. The highest BCUT2D eigenvalue weighted by atomic mass is 35.5. The molecule has 0 saturated carbocycles. The van der Waals surface area contributed by atoms with Gasteiger partial charge in [-0.15, -0.1) is 36.2 Å². The third kappa shape index (κ3) is 5.02. The quantitative estimate of drug-likeness (QED) is 0.805. The van der Waals surface area contributed by atoms with Crippen LogP contribution < -0.4 is 5.32 Å². The maximum Gasteiger partial charge on any atom is 0.265 e. The van der Waals surface area contributed by atoms with E-state index in [1.165, 1.54) is 5.56 Å². The summed E-state index contributed by atoms with van der Waals surface area (Å²) in [6, 6.07) is 10.3. The Labute approximate surface area is 177 Å². The summed E-state index contributed by atoms with van der Waals surface area (Å²) in [6.07, 6.45) is 3.05. The fourth-order valence-corrected chi connectivity index (χ4v) is 5.13. The van der Waals surface area contributed by atoms with Gasteiger partial charge in [0.1, 0.15) is 4.88 Å². The van der Waals surface area contributed by atoms with E-state index >= 15 is 0 Å². The van der Waals surface area contributed by atoms with E-state index in [1.54, 1.807) is 11.3 Å². The van der Waals surface area contributed by atoms with Crippen molar-refractivity contribution in [3.63, 3.8) is 0 Å². The molecule has 0 aliphatic carbocycles. The van der Waals surface area contributed by atoms with Crippen LogP contribution in [0.4, 0.5) is 0 Å². The molecular formula is C20H27Cl2N3OS. The van der Waals surface area contributed by atoms with Gasteiger partial charge >= 0.3 is 0 Å². The first kappa shape index (κ1) is 22.2. The van der Waals surface area contributed by atoms with E-state index in [9.17, 15) is 4.79 Å². The van der Waals surface area contributed by atoms with E-state index < -0.39 is 0 Å². The number of hydrogen-bond donors (Lipinski definition) is 1. The predicted molar refractivity (Wildman–Crippen MR) is 116 cm³/mol. The number of nitrogens with one attached hydrogen (secondary N) is 1. The van der Waals surface area contributed by atoms with Crippen molar-refractivity contribution >= 4 is 42.1 Å². The van der Waals surface area contributed by atoms with Crippen LogP contribution in [0.5, 0.6) is 0 Å². The van der Waals surface area contributed by atoms with Crippen LogP contribution in [0.1, 0.15) is 38.8 Å². The molecule has 0 unspecified atom stereocenters. The molecule has 148 valence electrons. The van der Waals surface area contributed by atoms with Gasteiger partial charge < -0.3 is 10.2 Å². The Morgan fingerprint density at radius 1 is 1.15 bits per heavy atom. The van der Waals surface area contributed by atoms with E-state index in [2.05, 4.69) is 27.3 Å². The number of aromatic nitrogens is 1. The number of likely N-dealkylation sites (tertiary alicyclic amines) is 1. The zero-order chi connectivity index (χ0) is 17.2. The number of hydrogen-bond acceptors (Lipinski definition) is 4. The summed E-state index contributed by atoms with van der Waals surface area (Å²) < 4.78 is 0. The summed E-state index contributed by atoms with van der Waals surface area (Å²) in [5.74, 6) is 1.67. The monoisotopic (exact) mass is 427 g/mol. The van der Waals surface area contributed by atoms with Crippen LogP contribution in [-0.2, 0) is 6.42 Å². The summed E-state index contributed by atoms with van der Waals surface area (Å²) in [5, 5.41) is 4.52. The van der Waals surface area contributed by atoms with Crippen molar-refractivity contribution in [1.29, 1.82) is 0 Å². The Hall–Kier alpha value is -1.14. The van der Waals surface area contributed by atoms with Crippen LogP contribution >= 0.6 is 36.2 Å². The van der Waals surface area contributed by atoms with Gasteiger partial charge in [0, 0.05) is 19.5 Å². The van der Waals surface area contributed by atoms with Crippen molar-refractivity contribution in [2.24, 2.45) is 11.8 Å². The van der Waals surface area contributed by atoms with Gasteiger partial charge in [0.2, 0.25) is 0 Å². The van der Waals surface area contributed by atoms with Gasteiger partial charge in [-0.05, 0) is 50.3 Å². The fraction of sp³-hybridized carbons (Fsp3) is 0.500. The minimum atomic E-state index is 0. The summed E-state index contributed by atoms with van der Waals surface area (Å²) >= 11 is 1.57. The Morgan fingerprint density at radius 3 is 2.41 bits per heavy atom. The lowest BCUT2D eigenvalue weighted by Gasteiger charge is -2.20. The van der Waals surface area contributed by atoms with Crippen LogP contribution in [-0.4, -0.2) is 42.0 Å². The Morgan fingerprint density at radius 2 is 1.78 bits per heavy atom. The summed E-state index contributed by atoms with van der Waals surface area (Å²) in [7, 11) is 0. The van der Waals surface area contributed by atoms with Gasteiger partial charge in [-0.1, -0.05) is 30.3 Å². The molecule has 4 nitrogen and oxygen atoms in total. The molecule has 1 N–H and O–H groups in total. The van der Waals surface area contributed by atoms with Crippen molar-refractivity contribution in [2.45, 2.75) is 26.2 Å². The number of benzene rings is 1. The maximum atomic E-state index is 13.0. The van der Waals surface area contributed by atoms with E-state index in [0.717, 1.165) is 72.9 Å². The number of carbonyl (C=O) groups is 1. The fourth-order valence-electron chi connectivity index (χ4n) is 4.06. The molecule has 3 heterocycles. The average molecular weight is 428 g/mol. The number of thiazole rings is 1. The van der Waals surface area contributed by atoms with Crippen molar-refractivity contribution in [1.82, 2.24) is 15.2 Å². The molecule has 2 aliphatic heterocycles. The lowest BCUT2D eigenvalue weighted by atomic mass is 9.92. The second-order valence-corrected chi connectivity index (χ2v) is 8.32. The first-order valence-corrected chi connectivity index (χ1v) is 10.0. The summed E-state index contributed by atoms with van der Waals surface area (Å²) in [4.78, 5) is 20.6. The van der Waals surface area contributed by atoms with Crippen LogP contribution in [0.25, 0.3) is 0 Å². The minimum absolute atomic E-state index is 0. The van der Waals surface area contributed by atoms with Crippen LogP contribution in [0.2, 0.25) is 0 Å². The SMILES string of the molecule is Cc1nc(Cc2ccccc2)sc1C(=O)N1CC[C@@H]2CNC[C@@H]2CC1.Cl.Cl. The van der Waals surface area contributed by atoms with Gasteiger partial charge in [0.05, 0.1) is 10.7 Å². The first-order valence-electron chi connectivity index (χ1n) is 9.21. The highest BCUT2D eigenvalue weighted by molar-refractivity contribution is 7.13. The standard InChI is InChI=1S/C20H25N3OS.2ClH/c1-14-19(25-18(22-14)11-15-5-3-2-4-6-15)20(24)23-9-7-16-12-21-13-17(16)8-10-23;;/h2-6,16-17,21H,7-13H2,1H3;2*1H/t16-,17+;;. The van der Waals surface area contributed by atoms with Gasteiger partial charge in [0.25, 0.3) is 5.91 Å². The van der Waals surface area contributed by atoms with E-state index in [1.807, 2.05) is 25.1 Å². The molecule has 2 aliphatic rings. The molecule has 0 bridgehead atoms. The van der Waals surface area contributed by atoms with E-state index in [4.69, 9.17) is 0 Å². The molecule has 2 saturated heterocycles. The number of carbonyl (C=O) groups excluding carboxylic acids is 1. The van der Waals surface area contributed by atoms with E-state index in [0.29, 0.717) is 0 Å². The Kier molecular flexibility index (Phi) is 8.10. The molecule has 27 heavy (non-hydrogen) atoms. The van der Waals surface area contributed by atoms with Crippen molar-refractivity contribution < 1.29 is 4.79 Å². The lowest BCUT2D eigenvalue weighted by Crippen LogP contribution is -2.32. The predicted octanol–water partition coefficient (Wildman–Crippen LogP) is 3.96. The number of amides is 1.